The molecule has 6 nitrogen and oxygen atoms in total. The van der Waals surface area contributed by atoms with Crippen molar-refractivity contribution in [1.82, 2.24) is 15.5 Å². The highest BCUT2D eigenvalue weighted by atomic mass is 19.1. The number of nitrogens with one attached hydrogen (secondary N) is 2. The van der Waals surface area contributed by atoms with E-state index in [1.807, 2.05) is 6.07 Å². The van der Waals surface area contributed by atoms with Crippen LogP contribution in [0.1, 0.15) is 28.8 Å². The second-order valence-electron chi connectivity index (χ2n) is 7.07. The molecular weight excluding hydrogens is 373 g/mol. The monoisotopic (exact) mass is 397 g/mol. The van der Waals surface area contributed by atoms with Gasteiger partial charge in [0.05, 0.1) is 13.0 Å². The number of carbonyl (C=O) groups excluding carboxylic acids is 3. The Morgan fingerprint density at radius 3 is 2.28 bits per heavy atom. The van der Waals surface area contributed by atoms with E-state index in [0.29, 0.717) is 31.5 Å². The number of amides is 3. The molecule has 1 heterocycles. The first-order chi connectivity index (χ1) is 14.0. The zero-order valence-corrected chi connectivity index (χ0v) is 16.1. The first-order valence-corrected chi connectivity index (χ1v) is 9.66. The van der Waals surface area contributed by atoms with Crippen LogP contribution in [0.25, 0.3) is 0 Å². The fourth-order valence-electron chi connectivity index (χ4n) is 3.29. The molecule has 0 spiro atoms. The molecule has 1 fully saturated rings. The van der Waals surface area contributed by atoms with Gasteiger partial charge < -0.3 is 15.5 Å². The van der Waals surface area contributed by atoms with Crippen molar-refractivity contribution in [1.29, 1.82) is 0 Å². The predicted molar refractivity (Wildman–Crippen MR) is 107 cm³/mol. The van der Waals surface area contributed by atoms with Gasteiger partial charge in [0.2, 0.25) is 11.8 Å². The van der Waals surface area contributed by atoms with Crippen molar-refractivity contribution in [2.75, 3.05) is 19.6 Å². The van der Waals surface area contributed by atoms with Crippen LogP contribution in [0.2, 0.25) is 0 Å². The number of carbonyl (C=O) groups is 3. The molecule has 0 unspecified atom stereocenters. The molecule has 0 bridgehead atoms. The van der Waals surface area contributed by atoms with Gasteiger partial charge in [-0.15, -0.1) is 0 Å². The van der Waals surface area contributed by atoms with Crippen LogP contribution in [0, 0.1) is 5.82 Å². The molecule has 2 aromatic rings. The summed E-state index contributed by atoms with van der Waals surface area (Å²) >= 11 is 0. The summed E-state index contributed by atoms with van der Waals surface area (Å²) in [6, 6.07) is 14.6. The lowest BCUT2D eigenvalue weighted by molar-refractivity contribution is -0.131. The number of hydrogen-bond acceptors (Lipinski definition) is 3. The largest absolute Gasteiger partial charge is 0.352 e. The molecular formula is C22H24FN3O3. The van der Waals surface area contributed by atoms with Gasteiger partial charge in [-0.25, -0.2) is 4.39 Å². The predicted octanol–water partition coefficient (Wildman–Crippen LogP) is 1.91. The van der Waals surface area contributed by atoms with Crippen molar-refractivity contribution < 1.29 is 18.8 Å². The zero-order valence-electron chi connectivity index (χ0n) is 16.1. The molecule has 2 N–H and O–H groups in total. The normalized spacial score (nSPS) is 14.3. The maximum absolute atomic E-state index is 13.0. The SMILES string of the molecule is O=C(CNC(=O)c1ccccc1)NC1CCN(C(=O)Cc2ccc(F)cc2)CC1. The Bertz CT molecular complexity index is 847. The third-order valence-corrected chi connectivity index (χ3v) is 4.93. The van der Waals surface area contributed by atoms with Gasteiger partial charge in [-0.05, 0) is 42.7 Å². The summed E-state index contributed by atoms with van der Waals surface area (Å²) in [5, 5.41) is 5.51. The smallest absolute Gasteiger partial charge is 0.251 e. The zero-order chi connectivity index (χ0) is 20.6. The van der Waals surface area contributed by atoms with Crippen LogP contribution in [0.3, 0.4) is 0 Å². The number of nitrogens with zero attached hydrogens (tertiary/aromatic N) is 1. The Morgan fingerprint density at radius 1 is 0.966 bits per heavy atom. The maximum atomic E-state index is 13.0. The summed E-state index contributed by atoms with van der Waals surface area (Å²) in [5.74, 6) is -0.860. The Balaban J connectivity index is 1.37. The van der Waals surface area contributed by atoms with Gasteiger partial charge >= 0.3 is 0 Å². The molecule has 0 radical (unpaired) electrons. The lowest BCUT2D eigenvalue weighted by Gasteiger charge is -2.32. The molecule has 0 aliphatic carbocycles. The number of hydrogen-bond donors (Lipinski definition) is 2. The minimum Gasteiger partial charge on any atom is -0.352 e. The quantitative estimate of drug-likeness (QED) is 0.782. The highest BCUT2D eigenvalue weighted by Crippen LogP contribution is 2.13. The summed E-state index contributed by atoms with van der Waals surface area (Å²) < 4.78 is 13.0. The lowest BCUT2D eigenvalue weighted by atomic mass is 10.0. The van der Waals surface area contributed by atoms with Gasteiger partial charge in [-0.1, -0.05) is 30.3 Å². The van der Waals surface area contributed by atoms with Crippen molar-refractivity contribution in [3.05, 3.63) is 71.5 Å². The molecule has 1 aliphatic rings. The van der Waals surface area contributed by atoms with E-state index < -0.39 is 0 Å². The third-order valence-electron chi connectivity index (χ3n) is 4.93. The Labute approximate surface area is 169 Å². The standard InChI is InChI=1S/C22H24FN3O3/c23-18-8-6-16(7-9-18)14-21(28)26-12-10-19(11-13-26)25-20(27)15-24-22(29)17-4-2-1-3-5-17/h1-9,19H,10-15H2,(H,24,29)(H,25,27). The summed E-state index contributed by atoms with van der Waals surface area (Å²) in [4.78, 5) is 38.2. The lowest BCUT2D eigenvalue weighted by Crippen LogP contribution is -2.49. The van der Waals surface area contributed by atoms with Gasteiger partial charge in [0.25, 0.3) is 5.91 Å². The van der Waals surface area contributed by atoms with Crippen LogP contribution in [0.15, 0.2) is 54.6 Å². The molecule has 29 heavy (non-hydrogen) atoms. The van der Waals surface area contributed by atoms with Crippen LogP contribution in [0.5, 0.6) is 0 Å². The summed E-state index contributed by atoms with van der Waals surface area (Å²) in [6.45, 7) is 1.03. The van der Waals surface area contributed by atoms with Crippen molar-refractivity contribution in [2.45, 2.75) is 25.3 Å². The summed E-state index contributed by atoms with van der Waals surface area (Å²) in [6.07, 6.45) is 1.56. The molecule has 1 saturated heterocycles. The molecule has 1 aliphatic heterocycles. The molecule has 2 aromatic carbocycles. The minimum atomic E-state index is -0.322. The number of piperidine rings is 1. The summed E-state index contributed by atoms with van der Waals surface area (Å²) in [5.41, 5.74) is 1.29. The van der Waals surface area contributed by atoms with Crippen molar-refractivity contribution in [2.24, 2.45) is 0 Å². The first kappa shape index (κ1) is 20.5. The molecule has 0 saturated carbocycles. The van der Waals surface area contributed by atoms with Gasteiger partial charge in [0.15, 0.2) is 0 Å². The fourth-order valence-corrected chi connectivity index (χ4v) is 3.29. The van der Waals surface area contributed by atoms with Gasteiger partial charge in [-0.2, -0.15) is 0 Å². The number of likely N-dealkylation sites (tertiary alicyclic amines) is 1. The second-order valence-corrected chi connectivity index (χ2v) is 7.07. The molecule has 0 atom stereocenters. The number of benzene rings is 2. The Hall–Kier alpha value is -3.22. The van der Waals surface area contributed by atoms with Crippen molar-refractivity contribution >= 4 is 17.7 Å². The number of rotatable bonds is 6. The van der Waals surface area contributed by atoms with Crippen LogP contribution in [0.4, 0.5) is 4.39 Å². The summed E-state index contributed by atoms with van der Waals surface area (Å²) in [7, 11) is 0. The van der Waals surface area contributed by atoms with E-state index in [-0.39, 0.29) is 42.5 Å². The van der Waals surface area contributed by atoms with E-state index in [1.54, 1.807) is 41.3 Å². The Kier molecular flexibility index (Phi) is 6.94. The molecule has 3 amide bonds. The van der Waals surface area contributed by atoms with Gasteiger partial charge in [-0.3, -0.25) is 14.4 Å². The van der Waals surface area contributed by atoms with E-state index in [2.05, 4.69) is 10.6 Å². The van der Waals surface area contributed by atoms with E-state index >= 15 is 0 Å². The van der Waals surface area contributed by atoms with E-state index in [4.69, 9.17) is 0 Å². The van der Waals surface area contributed by atoms with Crippen LogP contribution >= 0.6 is 0 Å². The Morgan fingerprint density at radius 2 is 1.62 bits per heavy atom. The second kappa shape index (κ2) is 9.82. The highest BCUT2D eigenvalue weighted by molar-refractivity contribution is 5.96. The first-order valence-electron chi connectivity index (χ1n) is 9.66. The van der Waals surface area contributed by atoms with Gasteiger partial charge in [0, 0.05) is 24.7 Å². The van der Waals surface area contributed by atoms with Crippen LogP contribution < -0.4 is 10.6 Å². The van der Waals surface area contributed by atoms with E-state index in [0.717, 1.165) is 5.56 Å². The van der Waals surface area contributed by atoms with Gasteiger partial charge in [0.1, 0.15) is 5.82 Å². The average molecular weight is 397 g/mol. The maximum Gasteiger partial charge on any atom is 0.251 e. The van der Waals surface area contributed by atoms with Crippen LogP contribution in [-0.2, 0) is 16.0 Å². The molecule has 7 heteroatoms. The molecule has 152 valence electrons. The van der Waals surface area contributed by atoms with E-state index in [9.17, 15) is 18.8 Å². The molecule has 3 rings (SSSR count). The fraction of sp³-hybridized carbons (Fsp3) is 0.318. The highest BCUT2D eigenvalue weighted by Gasteiger charge is 2.24. The average Bonchev–Trinajstić information content (AvgIpc) is 2.75. The minimum absolute atomic E-state index is 0.00323. The molecule has 0 aromatic heterocycles. The third kappa shape index (κ3) is 6.14. The van der Waals surface area contributed by atoms with Crippen molar-refractivity contribution in [3.8, 4) is 0 Å². The van der Waals surface area contributed by atoms with E-state index in [1.165, 1.54) is 12.1 Å². The number of halogens is 1. The topological polar surface area (TPSA) is 78.5 Å². The van der Waals surface area contributed by atoms with Crippen molar-refractivity contribution in [3.63, 3.8) is 0 Å². The van der Waals surface area contributed by atoms with Crippen LogP contribution in [-0.4, -0.2) is 48.3 Å².